The van der Waals surface area contributed by atoms with Crippen molar-refractivity contribution < 1.29 is 14.2 Å². The van der Waals surface area contributed by atoms with Gasteiger partial charge in [0.05, 0.1) is 12.3 Å². The molecule has 0 radical (unpaired) electrons. The fraction of sp³-hybridized carbons (Fsp3) is 0.529. The lowest BCUT2D eigenvalue weighted by Crippen LogP contribution is -2.43. The van der Waals surface area contributed by atoms with E-state index in [9.17, 15) is 9.59 Å². The molecule has 2 saturated carbocycles. The van der Waals surface area contributed by atoms with E-state index in [0.29, 0.717) is 49.0 Å². The summed E-state index contributed by atoms with van der Waals surface area (Å²) >= 11 is 0. The van der Waals surface area contributed by atoms with Crippen LogP contribution >= 0.6 is 0 Å². The van der Waals surface area contributed by atoms with Gasteiger partial charge in [-0.2, -0.15) is 0 Å². The summed E-state index contributed by atoms with van der Waals surface area (Å²) in [6.45, 7) is 3.79. The van der Waals surface area contributed by atoms with E-state index in [4.69, 9.17) is 24.2 Å². The predicted molar refractivity (Wildman–Crippen MR) is 167 cm³/mol. The van der Waals surface area contributed by atoms with Gasteiger partial charge in [-0.3, -0.25) is 13.9 Å². The molecule has 0 bridgehead atoms. The van der Waals surface area contributed by atoms with Gasteiger partial charge in [0.25, 0.3) is 5.56 Å². The summed E-state index contributed by atoms with van der Waals surface area (Å²) in [5.74, 6) is 1.24. The Hall–Kier alpha value is -3.76. The third-order valence-corrected chi connectivity index (χ3v) is 9.29. The second-order valence-corrected chi connectivity index (χ2v) is 12.3. The molecule has 1 aromatic carbocycles. The molecule has 10 heteroatoms. The molecule has 44 heavy (non-hydrogen) atoms. The number of imidazole rings is 1. The van der Waals surface area contributed by atoms with Gasteiger partial charge in [0, 0.05) is 37.4 Å². The van der Waals surface area contributed by atoms with Gasteiger partial charge in [-0.15, -0.1) is 0 Å². The maximum atomic E-state index is 14.3. The molecular weight excluding hydrogens is 558 g/mol. The molecule has 232 valence electrons. The van der Waals surface area contributed by atoms with Crippen molar-refractivity contribution in [3.63, 3.8) is 0 Å². The Morgan fingerprint density at radius 1 is 0.909 bits per heavy atom. The average molecular weight is 600 g/mol. The van der Waals surface area contributed by atoms with Gasteiger partial charge in [0.1, 0.15) is 11.9 Å². The molecule has 1 saturated heterocycles. The van der Waals surface area contributed by atoms with Crippen molar-refractivity contribution in [2.45, 2.75) is 103 Å². The van der Waals surface area contributed by atoms with Gasteiger partial charge in [0.2, 0.25) is 5.88 Å². The van der Waals surface area contributed by atoms with Crippen LogP contribution in [0.5, 0.6) is 5.88 Å². The number of hydrogen-bond donors (Lipinski definition) is 0. The summed E-state index contributed by atoms with van der Waals surface area (Å²) in [6, 6.07) is 13.9. The summed E-state index contributed by atoms with van der Waals surface area (Å²) < 4.78 is 22.8. The van der Waals surface area contributed by atoms with Crippen molar-refractivity contribution in [3.8, 4) is 17.3 Å². The van der Waals surface area contributed by atoms with Crippen LogP contribution in [0.4, 0.5) is 0 Å². The molecular formula is C34H41N5O5. The van der Waals surface area contributed by atoms with E-state index in [0.717, 1.165) is 68.2 Å². The Morgan fingerprint density at radius 2 is 1.73 bits per heavy atom. The van der Waals surface area contributed by atoms with E-state index in [1.165, 1.54) is 11.0 Å². The Morgan fingerprint density at radius 3 is 2.41 bits per heavy atom. The molecule has 3 fully saturated rings. The smallest absolute Gasteiger partial charge is 0.333 e. The summed E-state index contributed by atoms with van der Waals surface area (Å²) in [5, 5.41) is 0. The normalized spacial score (nSPS) is 19.2. The van der Waals surface area contributed by atoms with E-state index in [2.05, 4.69) is 0 Å². The van der Waals surface area contributed by atoms with Crippen LogP contribution in [0, 0.1) is 6.92 Å². The molecule has 7 rings (SSSR count). The topological polar surface area (TPSA) is 102 Å². The summed E-state index contributed by atoms with van der Waals surface area (Å²) in [7, 11) is 0. The molecule has 1 aliphatic heterocycles. The predicted octanol–water partition coefficient (Wildman–Crippen LogP) is 5.37. The van der Waals surface area contributed by atoms with Crippen molar-refractivity contribution in [2.24, 2.45) is 0 Å². The van der Waals surface area contributed by atoms with Crippen LogP contribution in [-0.2, 0) is 22.6 Å². The third kappa shape index (κ3) is 5.73. The number of rotatable bonds is 11. The standard InChI is InChI=1S/C34H41N5O5/c1-23-27(17-18-28(35-23)44-26-14-8-15-26)31-36-32-30(38(31)22-24-10-3-2-4-11-24)33(40)37(34(41)39(32)25-12-7-13-25)19-9-21-43-29-16-5-6-20-42-29/h2-4,10-11,17-18,25-26,29H,5-9,12-16,19-22H2,1H3. The van der Waals surface area contributed by atoms with Gasteiger partial charge in [0.15, 0.2) is 17.5 Å². The minimum Gasteiger partial charge on any atom is -0.474 e. The molecule has 10 nitrogen and oxygen atoms in total. The van der Waals surface area contributed by atoms with E-state index >= 15 is 0 Å². The van der Waals surface area contributed by atoms with Crippen molar-refractivity contribution >= 4 is 11.2 Å². The lowest BCUT2D eigenvalue weighted by Gasteiger charge is -2.28. The molecule has 1 unspecified atom stereocenters. The number of hydrogen-bond acceptors (Lipinski definition) is 7. The van der Waals surface area contributed by atoms with E-state index in [1.807, 2.05) is 54.0 Å². The van der Waals surface area contributed by atoms with Crippen LogP contribution in [-0.4, -0.2) is 49.3 Å². The molecule has 0 spiro atoms. The molecule has 4 aromatic rings. The molecule has 3 aromatic heterocycles. The van der Waals surface area contributed by atoms with Crippen molar-refractivity contribution in [1.29, 1.82) is 0 Å². The molecule has 4 heterocycles. The lowest BCUT2D eigenvalue weighted by molar-refractivity contribution is -0.163. The van der Waals surface area contributed by atoms with Gasteiger partial charge in [-0.25, -0.2) is 14.8 Å². The first-order valence-corrected chi connectivity index (χ1v) is 16.2. The third-order valence-electron chi connectivity index (χ3n) is 9.29. The van der Waals surface area contributed by atoms with E-state index in [-0.39, 0.29) is 36.2 Å². The van der Waals surface area contributed by atoms with Gasteiger partial charge < -0.3 is 18.8 Å². The van der Waals surface area contributed by atoms with Gasteiger partial charge in [-0.05, 0) is 82.8 Å². The van der Waals surface area contributed by atoms with Crippen LogP contribution in [0.25, 0.3) is 22.6 Å². The quantitative estimate of drug-likeness (QED) is 0.214. The fourth-order valence-corrected chi connectivity index (χ4v) is 6.33. The molecule has 1 atom stereocenters. The summed E-state index contributed by atoms with van der Waals surface area (Å²) in [4.78, 5) is 38.1. The van der Waals surface area contributed by atoms with Crippen LogP contribution in [0.3, 0.4) is 0 Å². The Balaban J connectivity index is 1.31. The van der Waals surface area contributed by atoms with E-state index in [1.54, 1.807) is 4.57 Å². The Labute approximate surface area is 256 Å². The minimum atomic E-state index is -0.320. The second-order valence-electron chi connectivity index (χ2n) is 12.3. The minimum absolute atomic E-state index is 0.0224. The number of benzene rings is 1. The SMILES string of the molecule is Cc1nc(OC2CCC2)ccc1-c1nc2c(c(=O)n(CCCOC3CCCCO3)c(=O)n2C2CCC2)n1Cc1ccccc1. The summed E-state index contributed by atoms with van der Waals surface area (Å²) in [5.41, 5.74) is 2.91. The first-order chi connectivity index (χ1) is 21.6. The zero-order valence-electron chi connectivity index (χ0n) is 25.5. The zero-order valence-corrected chi connectivity index (χ0v) is 25.5. The number of aryl methyl sites for hydroxylation is 1. The number of aromatic nitrogens is 5. The largest absolute Gasteiger partial charge is 0.474 e. The molecule has 3 aliphatic rings. The lowest BCUT2D eigenvalue weighted by atomic mass is 9.93. The van der Waals surface area contributed by atoms with Crippen molar-refractivity contribution in [3.05, 3.63) is 74.6 Å². The van der Waals surface area contributed by atoms with Crippen LogP contribution in [0.1, 0.15) is 81.5 Å². The van der Waals surface area contributed by atoms with Crippen molar-refractivity contribution in [2.75, 3.05) is 13.2 Å². The van der Waals surface area contributed by atoms with Gasteiger partial charge >= 0.3 is 5.69 Å². The highest BCUT2D eigenvalue weighted by Gasteiger charge is 2.30. The highest BCUT2D eigenvalue weighted by atomic mass is 16.7. The first-order valence-electron chi connectivity index (χ1n) is 16.2. The molecule has 0 amide bonds. The maximum absolute atomic E-state index is 14.3. The fourth-order valence-electron chi connectivity index (χ4n) is 6.33. The number of fused-ring (bicyclic) bond motifs is 1. The Kier molecular flexibility index (Phi) is 8.36. The monoisotopic (exact) mass is 599 g/mol. The van der Waals surface area contributed by atoms with Crippen LogP contribution in [0.2, 0.25) is 0 Å². The van der Waals surface area contributed by atoms with E-state index < -0.39 is 0 Å². The Bertz CT molecular complexity index is 1730. The highest BCUT2D eigenvalue weighted by Crippen LogP contribution is 2.34. The number of nitrogens with zero attached hydrogens (tertiary/aromatic N) is 5. The number of pyridine rings is 1. The molecule has 0 N–H and O–H groups in total. The zero-order chi connectivity index (χ0) is 30.0. The first kappa shape index (κ1) is 29.0. The maximum Gasteiger partial charge on any atom is 0.333 e. The highest BCUT2D eigenvalue weighted by molar-refractivity contribution is 5.78. The van der Waals surface area contributed by atoms with Crippen LogP contribution < -0.4 is 16.0 Å². The van der Waals surface area contributed by atoms with Gasteiger partial charge in [-0.1, -0.05) is 30.3 Å². The summed E-state index contributed by atoms with van der Waals surface area (Å²) in [6.07, 6.45) is 9.73. The van der Waals surface area contributed by atoms with Crippen molar-refractivity contribution in [1.82, 2.24) is 23.7 Å². The second kappa shape index (κ2) is 12.7. The molecule has 2 aliphatic carbocycles. The van der Waals surface area contributed by atoms with Crippen LogP contribution in [0.15, 0.2) is 52.1 Å². The average Bonchev–Trinajstić information content (AvgIpc) is 3.35. The number of ether oxygens (including phenoxy) is 3.